The molecule has 0 aromatic carbocycles. The molecular weight excluding hydrogens is 470 g/mol. The lowest BCUT2D eigenvalue weighted by Crippen LogP contribution is -2.43. The van der Waals surface area contributed by atoms with Crippen LogP contribution < -0.4 is 16.5 Å². The third kappa shape index (κ3) is 7.61. The Morgan fingerprint density at radius 2 is 2.03 bits per heavy atom. The van der Waals surface area contributed by atoms with E-state index in [1.165, 1.54) is 17.9 Å². The molecule has 12 heteroatoms. The fourth-order valence-electron chi connectivity index (χ4n) is 4.15. The van der Waals surface area contributed by atoms with Gasteiger partial charge in [-0.15, -0.1) is 0 Å². The van der Waals surface area contributed by atoms with Gasteiger partial charge in [0.25, 0.3) is 11.9 Å². The van der Waals surface area contributed by atoms with E-state index in [2.05, 4.69) is 10.2 Å². The largest absolute Gasteiger partial charge is 0.481 e. The number of likely N-dealkylation sites (N-methyl/N-ethyl adjacent to an activating group) is 1. The van der Waals surface area contributed by atoms with Crippen molar-refractivity contribution in [1.82, 2.24) is 25.0 Å². The molecule has 2 aromatic rings. The maximum Gasteiger partial charge on any atom is 0.300 e. The Kier molecular flexibility index (Phi) is 8.83. The second-order valence-electron chi connectivity index (χ2n) is 9.40. The number of anilines is 1. The summed E-state index contributed by atoms with van der Waals surface area (Å²) in [5.74, 6) is 3.30. The Labute approximate surface area is 209 Å². The number of halogens is 2. The molecule has 36 heavy (non-hydrogen) atoms. The number of nitrogens with two attached hydrogens (primary N) is 2. The molecule has 0 atom stereocenters. The summed E-state index contributed by atoms with van der Waals surface area (Å²) in [4.78, 5) is 17.0. The zero-order chi connectivity index (χ0) is 26.5. The van der Waals surface area contributed by atoms with Gasteiger partial charge in [0.15, 0.2) is 0 Å². The molecule has 0 bridgehead atoms. The molecule has 4 rings (SSSR count). The van der Waals surface area contributed by atoms with Crippen LogP contribution in [0.5, 0.6) is 0 Å². The monoisotopic (exact) mass is 506 g/mol. The highest BCUT2D eigenvalue weighted by molar-refractivity contribution is 5.65. The van der Waals surface area contributed by atoms with Gasteiger partial charge in [0.2, 0.25) is 0 Å². The van der Waals surface area contributed by atoms with E-state index in [4.69, 9.17) is 26.5 Å². The average Bonchev–Trinajstić information content (AvgIpc) is 3.51. The van der Waals surface area contributed by atoms with Gasteiger partial charge < -0.3 is 20.7 Å². The van der Waals surface area contributed by atoms with Gasteiger partial charge in [-0.05, 0) is 50.2 Å². The first-order valence-corrected chi connectivity index (χ1v) is 12.2. The molecule has 2 fully saturated rings. The number of pyridine rings is 1. The van der Waals surface area contributed by atoms with Crippen LogP contribution in [0.25, 0.3) is 5.70 Å². The SMILES string of the molecule is CC(=O)O.CCc1nc(/C(N)=C(\Cn2ncc(CC3CC3)n2)N(C)N)ccc1N1CCCC(F)(F)C1. The predicted molar refractivity (Wildman–Crippen MR) is 133 cm³/mol. The summed E-state index contributed by atoms with van der Waals surface area (Å²) in [7, 11) is 1.71. The lowest BCUT2D eigenvalue weighted by molar-refractivity contribution is -0.134. The van der Waals surface area contributed by atoms with Crippen LogP contribution >= 0.6 is 0 Å². The van der Waals surface area contributed by atoms with Gasteiger partial charge in [-0.2, -0.15) is 15.0 Å². The van der Waals surface area contributed by atoms with Crippen LogP contribution in [0, 0.1) is 5.92 Å². The summed E-state index contributed by atoms with van der Waals surface area (Å²) in [6.07, 6.45) is 6.26. The molecule has 5 N–H and O–H groups in total. The van der Waals surface area contributed by atoms with E-state index < -0.39 is 11.9 Å². The fraction of sp³-hybridized carbons (Fsp3) is 0.583. The Balaban J connectivity index is 0.000000840. The molecule has 1 saturated heterocycles. The summed E-state index contributed by atoms with van der Waals surface area (Å²) >= 11 is 0. The third-order valence-corrected chi connectivity index (χ3v) is 6.10. The zero-order valence-corrected chi connectivity index (χ0v) is 21.1. The Hall–Kier alpha value is -3.28. The van der Waals surface area contributed by atoms with Crippen molar-refractivity contribution < 1.29 is 18.7 Å². The van der Waals surface area contributed by atoms with E-state index in [1.54, 1.807) is 29.0 Å². The van der Waals surface area contributed by atoms with Gasteiger partial charge in [0.1, 0.15) is 6.54 Å². The summed E-state index contributed by atoms with van der Waals surface area (Å²) in [5.41, 5.74) is 10.5. The Morgan fingerprint density at radius 3 is 2.61 bits per heavy atom. The van der Waals surface area contributed by atoms with E-state index in [-0.39, 0.29) is 13.0 Å². The Morgan fingerprint density at radius 1 is 1.33 bits per heavy atom. The van der Waals surface area contributed by atoms with Crippen LogP contribution in [0.3, 0.4) is 0 Å². The van der Waals surface area contributed by atoms with Crippen LogP contribution in [0.1, 0.15) is 56.6 Å². The normalized spacial score (nSPS) is 17.7. The average molecular weight is 507 g/mol. The molecular formula is C24H36F2N8O2. The highest BCUT2D eigenvalue weighted by atomic mass is 19.3. The van der Waals surface area contributed by atoms with Crippen molar-refractivity contribution >= 4 is 17.4 Å². The van der Waals surface area contributed by atoms with Crippen LogP contribution in [0.2, 0.25) is 0 Å². The number of hydrogen-bond acceptors (Lipinski definition) is 8. The van der Waals surface area contributed by atoms with E-state index in [9.17, 15) is 8.78 Å². The number of carboxylic acid groups (broad SMARTS) is 1. The molecule has 1 aliphatic heterocycles. The zero-order valence-electron chi connectivity index (χ0n) is 21.1. The standard InChI is InChI=1S/C22H32F2N8.C2H4O2/c1-3-17-19(31-10-4-9-22(23,24)14-31)8-7-18(28-17)21(25)20(30(2)26)13-32-27-12-16(29-32)11-15-5-6-15;1-2(3)4/h7-8,12,15H,3-6,9-11,13-14,25-26H2,1-2H3;1H3,(H,3,4)/b21-20-;. The van der Waals surface area contributed by atoms with Crippen LogP contribution in [0.4, 0.5) is 14.5 Å². The predicted octanol–water partition coefficient (Wildman–Crippen LogP) is 2.65. The summed E-state index contributed by atoms with van der Waals surface area (Å²) in [6, 6.07) is 3.61. The van der Waals surface area contributed by atoms with Gasteiger partial charge in [0.05, 0.1) is 46.9 Å². The first kappa shape index (κ1) is 27.3. The van der Waals surface area contributed by atoms with Crippen LogP contribution in [-0.4, -0.2) is 62.1 Å². The van der Waals surface area contributed by atoms with Crippen molar-refractivity contribution in [3.05, 3.63) is 41.1 Å². The van der Waals surface area contributed by atoms with Crippen molar-refractivity contribution in [2.75, 3.05) is 25.0 Å². The number of aryl methyl sites for hydroxylation is 1. The number of aromatic nitrogens is 4. The second-order valence-corrected chi connectivity index (χ2v) is 9.40. The number of piperidine rings is 1. The molecule has 0 amide bonds. The highest BCUT2D eigenvalue weighted by Crippen LogP contribution is 2.33. The molecule has 0 unspecified atom stereocenters. The topological polar surface area (TPSA) is 139 Å². The molecule has 10 nitrogen and oxygen atoms in total. The van der Waals surface area contributed by atoms with Gasteiger partial charge >= 0.3 is 0 Å². The lowest BCUT2D eigenvalue weighted by Gasteiger charge is -2.35. The Bertz CT molecular complexity index is 1080. The number of aliphatic carboxylic acids is 1. The fourth-order valence-corrected chi connectivity index (χ4v) is 4.15. The summed E-state index contributed by atoms with van der Waals surface area (Å²) < 4.78 is 27.9. The molecule has 3 heterocycles. The number of carbonyl (C=O) groups is 1. The number of allylic oxidation sites excluding steroid dienone is 1. The molecule has 0 radical (unpaired) electrons. The third-order valence-electron chi connectivity index (χ3n) is 6.10. The van der Waals surface area contributed by atoms with E-state index in [1.807, 2.05) is 13.0 Å². The minimum atomic E-state index is -2.68. The molecule has 2 aliphatic rings. The van der Waals surface area contributed by atoms with Crippen molar-refractivity contribution in [2.45, 2.75) is 64.8 Å². The van der Waals surface area contributed by atoms with E-state index in [0.29, 0.717) is 43.0 Å². The van der Waals surface area contributed by atoms with Crippen molar-refractivity contribution in [3.63, 3.8) is 0 Å². The number of hydrogen-bond donors (Lipinski definition) is 3. The minimum Gasteiger partial charge on any atom is -0.481 e. The molecule has 1 saturated carbocycles. The smallest absolute Gasteiger partial charge is 0.300 e. The molecule has 0 spiro atoms. The van der Waals surface area contributed by atoms with Crippen molar-refractivity contribution in [1.29, 1.82) is 0 Å². The number of carboxylic acids is 1. The summed E-state index contributed by atoms with van der Waals surface area (Å²) in [5, 5.41) is 17.8. The minimum absolute atomic E-state index is 0.0673. The quantitative estimate of drug-likeness (QED) is 0.364. The van der Waals surface area contributed by atoms with Crippen LogP contribution in [-0.2, 0) is 24.2 Å². The highest BCUT2D eigenvalue weighted by Gasteiger charge is 2.36. The van der Waals surface area contributed by atoms with Gasteiger partial charge in [-0.25, -0.2) is 19.6 Å². The van der Waals surface area contributed by atoms with Gasteiger partial charge in [-0.3, -0.25) is 4.79 Å². The van der Waals surface area contributed by atoms with E-state index in [0.717, 1.165) is 36.3 Å². The van der Waals surface area contributed by atoms with E-state index >= 15 is 0 Å². The number of nitrogens with zero attached hydrogens (tertiary/aromatic N) is 6. The maximum atomic E-state index is 13.9. The molecule has 198 valence electrons. The van der Waals surface area contributed by atoms with Crippen molar-refractivity contribution in [2.24, 2.45) is 17.5 Å². The van der Waals surface area contributed by atoms with Gasteiger partial charge in [-0.1, -0.05) is 6.92 Å². The van der Waals surface area contributed by atoms with Crippen molar-refractivity contribution in [3.8, 4) is 0 Å². The summed E-state index contributed by atoms with van der Waals surface area (Å²) in [6.45, 7) is 3.67. The maximum absolute atomic E-state index is 13.9. The number of rotatable bonds is 8. The lowest BCUT2D eigenvalue weighted by atomic mass is 10.1. The number of hydrazine groups is 1. The number of alkyl halides is 2. The van der Waals surface area contributed by atoms with Crippen LogP contribution in [0.15, 0.2) is 24.0 Å². The van der Waals surface area contributed by atoms with Gasteiger partial charge in [0, 0.05) is 26.9 Å². The molecule has 2 aromatic heterocycles. The first-order chi connectivity index (χ1) is 17.0. The second kappa shape index (κ2) is 11.6. The molecule has 1 aliphatic carbocycles. The first-order valence-electron chi connectivity index (χ1n) is 12.2.